The Morgan fingerprint density at radius 2 is 1.79 bits per heavy atom. The summed E-state index contributed by atoms with van der Waals surface area (Å²) in [4.78, 5) is 19.4. The summed E-state index contributed by atoms with van der Waals surface area (Å²) in [6, 6.07) is 14.2. The van der Waals surface area contributed by atoms with Crippen LogP contribution in [0.25, 0.3) is 11.1 Å². The van der Waals surface area contributed by atoms with Crippen molar-refractivity contribution in [3.8, 4) is 11.1 Å². The van der Waals surface area contributed by atoms with E-state index in [9.17, 15) is 18.0 Å². The lowest BCUT2D eigenvalue weighted by molar-refractivity contribution is -0.137. The first-order chi connectivity index (χ1) is 16.1. The first-order valence-electron chi connectivity index (χ1n) is 11.1. The van der Waals surface area contributed by atoms with Crippen molar-refractivity contribution in [1.29, 1.82) is 0 Å². The average Bonchev–Trinajstić information content (AvgIpc) is 2.78. The van der Waals surface area contributed by atoms with Gasteiger partial charge in [0.15, 0.2) is 0 Å². The highest BCUT2D eigenvalue weighted by molar-refractivity contribution is 6.04. The van der Waals surface area contributed by atoms with E-state index in [4.69, 9.17) is 4.74 Å². The Hall–Kier alpha value is -3.39. The number of hydrogen-bond donors (Lipinski definition) is 1. The summed E-state index contributed by atoms with van der Waals surface area (Å²) in [5.74, 6) is 0.474. The Morgan fingerprint density at radius 3 is 2.41 bits per heavy atom. The third-order valence-electron chi connectivity index (χ3n) is 5.74. The van der Waals surface area contributed by atoms with E-state index in [0.29, 0.717) is 27.9 Å². The molecule has 3 aromatic rings. The molecule has 2 atom stereocenters. The molecule has 4 rings (SSSR count). The van der Waals surface area contributed by atoms with Crippen LogP contribution in [0.15, 0.2) is 60.8 Å². The normalized spacial score (nSPS) is 18.6. The van der Waals surface area contributed by atoms with Crippen LogP contribution in [0.3, 0.4) is 0 Å². The van der Waals surface area contributed by atoms with Crippen molar-refractivity contribution in [1.82, 2.24) is 4.98 Å². The van der Waals surface area contributed by atoms with Gasteiger partial charge in [-0.2, -0.15) is 13.2 Å². The maximum atomic E-state index is 13.0. The van der Waals surface area contributed by atoms with E-state index in [1.54, 1.807) is 43.5 Å². The minimum absolute atomic E-state index is 0.106. The molecule has 0 spiro atoms. The predicted octanol–water partition coefficient (Wildman–Crippen LogP) is 5.94. The van der Waals surface area contributed by atoms with E-state index in [2.05, 4.69) is 15.2 Å². The fourth-order valence-electron chi connectivity index (χ4n) is 4.20. The molecule has 34 heavy (non-hydrogen) atoms. The van der Waals surface area contributed by atoms with Gasteiger partial charge in [0.1, 0.15) is 5.82 Å². The number of anilines is 2. The molecular weight excluding hydrogens is 443 g/mol. The molecule has 2 heterocycles. The van der Waals surface area contributed by atoms with E-state index in [1.807, 2.05) is 19.9 Å². The van der Waals surface area contributed by atoms with Crippen molar-refractivity contribution >= 4 is 17.4 Å². The molecule has 0 aliphatic carbocycles. The Kier molecular flexibility index (Phi) is 6.61. The SMILES string of the molecule is Cc1cc(C(F)(F)F)ccc1-c1cccc(NC(=O)c2ccc(N3C[C@@H](C)O[C@@H](C)C3)nc2)c1. The van der Waals surface area contributed by atoms with Crippen LogP contribution < -0.4 is 10.2 Å². The van der Waals surface area contributed by atoms with Crippen molar-refractivity contribution in [3.05, 3.63) is 77.5 Å². The summed E-state index contributed by atoms with van der Waals surface area (Å²) in [6.45, 7) is 7.15. The molecule has 0 saturated carbocycles. The molecule has 0 bridgehead atoms. The third-order valence-corrected chi connectivity index (χ3v) is 5.74. The van der Waals surface area contributed by atoms with E-state index in [0.717, 1.165) is 31.0 Å². The van der Waals surface area contributed by atoms with Crippen molar-refractivity contribution in [2.75, 3.05) is 23.3 Å². The number of aryl methyl sites for hydroxylation is 1. The zero-order valence-corrected chi connectivity index (χ0v) is 19.2. The van der Waals surface area contributed by atoms with Crippen molar-refractivity contribution in [2.45, 2.75) is 39.2 Å². The van der Waals surface area contributed by atoms with Crippen molar-refractivity contribution in [2.24, 2.45) is 0 Å². The zero-order chi connectivity index (χ0) is 24.5. The van der Waals surface area contributed by atoms with Gasteiger partial charge < -0.3 is 15.0 Å². The summed E-state index contributed by atoms with van der Waals surface area (Å²) in [5.41, 5.74) is 2.16. The molecule has 1 amide bonds. The molecule has 8 heteroatoms. The lowest BCUT2D eigenvalue weighted by Crippen LogP contribution is -2.45. The number of aromatic nitrogens is 1. The number of hydrogen-bond acceptors (Lipinski definition) is 4. The molecule has 178 valence electrons. The Bertz CT molecular complexity index is 1170. The smallest absolute Gasteiger partial charge is 0.372 e. The van der Waals surface area contributed by atoms with Gasteiger partial charge in [0.2, 0.25) is 0 Å². The number of pyridine rings is 1. The standard InChI is InChI=1S/C26H26F3N3O2/c1-16-11-21(26(27,28)29)8-9-23(16)19-5-4-6-22(12-19)31-25(33)20-7-10-24(30-13-20)32-14-17(2)34-18(3)15-32/h4-13,17-18H,14-15H2,1-3H3,(H,31,33)/t17-,18+. The number of rotatable bonds is 4. The molecule has 0 radical (unpaired) electrons. The van der Waals surface area contributed by atoms with Gasteiger partial charge in [-0.05, 0) is 73.9 Å². The first-order valence-corrected chi connectivity index (χ1v) is 11.1. The maximum Gasteiger partial charge on any atom is 0.416 e. The van der Waals surface area contributed by atoms with Gasteiger partial charge >= 0.3 is 6.18 Å². The van der Waals surface area contributed by atoms with Crippen LogP contribution in [0.5, 0.6) is 0 Å². The quantitative estimate of drug-likeness (QED) is 0.514. The summed E-state index contributed by atoms with van der Waals surface area (Å²) >= 11 is 0. The summed E-state index contributed by atoms with van der Waals surface area (Å²) < 4.78 is 44.7. The van der Waals surface area contributed by atoms with Crippen molar-refractivity contribution in [3.63, 3.8) is 0 Å². The number of halogens is 3. The summed E-state index contributed by atoms with van der Waals surface area (Å²) in [6.07, 6.45) is -2.64. The molecule has 0 unspecified atom stereocenters. The summed E-state index contributed by atoms with van der Waals surface area (Å²) in [5, 5.41) is 2.84. The van der Waals surface area contributed by atoms with Crippen LogP contribution in [0.1, 0.15) is 35.3 Å². The third kappa shape index (κ3) is 5.39. The number of alkyl halides is 3. The monoisotopic (exact) mass is 469 g/mol. The number of morpholine rings is 1. The lowest BCUT2D eigenvalue weighted by atomic mass is 9.98. The molecule has 1 fully saturated rings. The number of benzene rings is 2. The van der Waals surface area contributed by atoms with Gasteiger partial charge in [-0.3, -0.25) is 4.79 Å². The Morgan fingerprint density at radius 1 is 1.06 bits per heavy atom. The predicted molar refractivity (Wildman–Crippen MR) is 126 cm³/mol. The molecule has 1 saturated heterocycles. The minimum atomic E-state index is -4.39. The molecule has 1 aromatic heterocycles. The molecule has 5 nitrogen and oxygen atoms in total. The van der Waals surface area contributed by atoms with Crippen LogP contribution in [-0.4, -0.2) is 36.2 Å². The maximum absolute atomic E-state index is 13.0. The first kappa shape index (κ1) is 23.8. The number of ether oxygens (including phenoxy) is 1. The van der Waals surface area contributed by atoms with Crippen LogP contribution >= 0.6 is 0 Å². The fraction of sp³-hybridized carbons (Fsp3) is 0.308. The van der Waals surface area contributed by atoms with E-state index in [1.165, 1.54) is 6.07 Å². The number of amides is 1. The molecule has 1 aliphatic heterocycles. The minimum Gasteiger partial charge on any atom is -0.372 e. The number of carbonyl (C=O) groups excluding carboxylic acids is 1. The van der Waals surface area contributed by atoms with Gasteiger partial charge in [-0.25, -0.2) is 4.98 Å². The Balaban J connectivity index is 1.48. The molecule has 1 N–H and O–H groups in total. The van der Waals surface area contributed by atoms with E-state index in [-0.39, 0.29) is 18.1 Å². The highest BCUT2D eigenvalue weighted by Crippen LogP contribution is 2.33. The summed E-state index contributed by atoms with van der Waals surface area (Å²) in [7, 11) is 0. The van der Waals surface area contributed by atoms with Gasteiger partial charge in [-0.1, -0.05) is 18.2 Å². The second kappa shape index (κ2) is 9.46. The number of nitrogens with one attached hydrogen (secondary N) is 1. The second-order valence-corrected chi connectivity index (χ2v) is 8.63. The topological polar surface area (TPSA) is 54.5 Å². The van der Waals surface area contributed by atoms with Gasteiger partial charge in [-0.15, -0.1) is 0 Å². The van der Waals surface area contributed by atoms with Gasteiger partial charge in [0, 0.05) is 25.0 Å². The molecule has 2 aromatic carbocycles. The fourth-order valence-corrected chi connectivity index (χ4v) is 4.20. The number of nitrogens with zero attached hydrogens (tertiary/aromatic N) is 2. The van der Waals surface area contributed by atoms with Crippen LogP contribution in [0, 0.1) is 6.92 Å². The van der Waals surface area contributed by atoms with Gasteiger partial charge in [0.25, 0.3) is 5.91 Å². The highest BCUT2D eigenvalue weighted by atomic mass is 19.4. The zero-order valence-electron chi connectivity index (χ0n) is 19.2. The average molecular weight is 470 g/mol. The molecular formula is C26H26F3N3O2. The van der Waals surface area contributed by atoms with Crippen LogP contribution in [0.4, 0.5) is 24.7 Å². The second-order valence-electron chi connectivity index (χ2n) is 8.63. The van der Waals surface area contributed by atoms with E-state index >= 15 is 0 Å². The highest BCUT2D eigenvalue weighted by Gasteiger charge is 2.30. The van der Waals surface area contributed by atoms with Crippen LogP contribution in [-0.2, 0) is 10.9 Å². The Labute approximate surface area is 196 Å². The van der Waals surface area contributed by atoms with E-state index < -0.39 is 11.7 Å². The molecule has 1 aliphatic rings. The lowest BCUT2D eigenvalue weighted by Gasteiger charge is -2.36. The largest absolute Gasteiger partial charge is 0.416 e. The van der Waals surface area contributed by atoms with Crippen molar-refractivity contribution < 1.29 is 22.7 Å². The van der Waals surface area contributed by atoms with Gasteiger partial charge in [0.05, 0.1) is 23.3 Å². The number of carbonyl (C=O) groups is 1. The van der Waals surface area contributed by atoms with Crippen LogP contribution in [0.2, 0.25) is 0 Å².